The summed E-state index contributed by atoms with van der Waals surface area (Å²) in [6, 6.07) is 3.52. The molecule has 1 aromatic carbocycles. The Morgan fingerprint density at radius 2 is 2.26 bits per heavy atom. The Hall–Kier alpha value is -0.670. The fourth-order valence-electron chi connectivity index (χ4n) is 3.23. The van der Waals surface area contributed by atoms with E-state index in [9.17, 15) is 4.39 Å². The topological polar surface area (TPSA) is 53.1 Å². The maximum atomic E-state index is 14.4. The number of nitrogens with one attached hydrogen (secondary N) is 2. The molecule has 2 aromatic rings. The highest BCUT2D eigenvalue weighted by Crippen LogP contribution is 2.34. The summed E-state index contributed by atoms with van der Waals surface area (Å²) >= 11 is 10.8. The Morgan fingerprint density at radius 3 is 3.04 bits per heavy atom. The van der Waals surface area contributed by atoms with E-state index in [1.54, 1.807) is 6.07 Å². The summed E-state index contributed by atoms with van der Waals surface area (Å²) in [4.78, 5) is 10.6. The van der Waals surface area contributed by atoms with Crippen LogP contribution in [0.25, 0.3) is 10.9 Å². The Balaban J connectivity index is 1.80. The van der Waals surface area contributed by atoms with Crippen LogP contribution in [-0.2, 0) is 0 Å². The summed E-state index contributed by atoms with van der Waals surface area (Å²) in [6.45, 7) is 2.56. The predicted molar refractivity (Wildman–Crippen MR) is 95.1 cm³/mol. The Kier molecular flexibility index (Phi) is 4.13. The van der Waals surface area contributed by atoms with Crippen LogP contribution < -0.4 is 14.3 Å². The number of fused-ring (bicyclic) bond motifs is 1. The minimum absolute atomic E-state index is 0.0145. The smallest absolute Gasteiger partial charge is 0.225 e. The maximum absolute atomic E-state index is 14.4. The summed E-state index contributed by atoms with van der Waals surface area (Å²) in [7, 11) is 0. The second kappa shape index (κ2) is 6.00. The van der Waals surface area contributed by atoms with Gasteiger partial charge in [0.25, 0.3) is 0 Å². The number of rotatable bonds is 1. The van der Waals surface area contributed by atoms with Gasteiger partial charge in [0.05, 0.1) is 10.0 Å². The van der Waals surface area contributed by atoms with Gasteiger partial charge in [0.2, 0.25) is 5.28 Å². The second-order valence-electron chi connectivity index (χ2n) is 5.90. The molecule has 2 fully saturated rings. The summed E-state index contributed by atoms with van der Waals surface area (Å²) in [6.07, 6.45) is 2.14. The number of aromatic nitrogens is 2. The lowest BCUT2D eigenvalue weighted by Crippen LogP contribution is -2.55. The van der Waals surface area contributed by atoms with Gasteiger partial charge in [-0.1, -0.05) is 0 Å². The zero-order valence-corrected chi connectivity index (χ0v) is 15.2. The summed E-state index contributed by atoms with van der Waals surface area (Å²) < 4.78 is 21.5. The monoisotopic (exact) mass is 417 g/mol. The van der Waals surface area contributed by atoms with Crippen LogP contribution in [0, 0.1) is 5.82 Å². The lowest BCUT2D eigenvalue weighted by atomic mass is 9.90. The highest BCUT2D eigenvalue weighted by Gasteiger charge is 2.39. The fourth-order valence-corrected chi connectivity index (χ4v) is 4.59. The molecule has 5 nitrogen and oxygen atoms in total. The van der Waals surface area contributed by atoms with Crippen molar-refractivity contribution in [2.75, 3.05) is 24.5 Å². The first-order valence-corrected chi connectivity index (χ1v) is 9.29. The molecule has 1 unspecified atom stereocenters. The van der Waals surface area contributed by atoms with E-state index in [4.69, 9.17) is 11.6 Å². The van der Waals surface area contributed by atoms with Crippen molar-refractivity contribution in [2.45, 2.75) is 18.4 Å². The van der Waals surface area contributed by atoms with Crippen LogP contribution in [0.15, 0.2) is 16.6 Å². The minimum Gasteiger partial charge on any atom is -0.354 e. The van der Waals surface area contributed by atoms with Crippen molar-refractivity contribution in [1.29, 1.82) is 0 Å². The van der Waals surface area contributed by atoms with Crippen LogP contribution in [0.4, 0.5) is 10.2 Å². The van der Waals surface area contributed by atoms with Crippen LogP contribution in [0.1, 0.15) is 12.8 Å². The van der Waals surface area contributed by atoms with Crippen molar-refractivity contribution < 1.29 is 4.39 Å². The largest absolute Gasteiger partial charge is 0.354 e. The Labute approximate surface area is 150 Å². The van der Waals surface area contributed by atoms with E-state index < -0.39 is 5.82 Å². The molecule has 122 valence electrons. The van der Waals surface area contributed by atoms with Gasteiger partial charge in [-0.2, -0.15) is 4.98 Å². The molecule has 23 heavy (non-hydrogen) atoms. The molecule has 0 amide bonds. The fraction of sp³-hybridized carbons (Fsp3) is 0.429. The zero-order valence-electron chi connectivity index (χ0n) is 12.1. The highest BCUT2D eigenvalue weighted by molar-refractivity contribution is 9.10. The third-order valence-corrected chi connectivity index (χ3v) is 5.94. The molecule has 2 saturated heterocycles. The van der Waals surface area contributed by atoms with Crippen molar-refractivity contribution >= 4 is 56.4 Å². The number of anilines is 1. The predicted octanol–water partition coefficient (Wildman–Crippen LogP) is 3.28. The summed E-state index contributed by atoms with van der Waals surface area (Å²) in [5.74, 6) is 0.292. The number of piperidine rings is 1. The highest BCUT2D eigenvalue weighted by atomic mass is 79.9. The van der Waals surface area contributed by atoms with E-state index in [2.05, 4.69) is 40.2 Å². The van der Waals surface area contributed by atoms with E-state index in [-0.39, 0.29) is 16.3 Å². The summed E-state index contributed by atoms with van der Waals surface area (Å²) in [5.41, 5.74) is 0.265. The summed E-state index contributed by atoms with van der Waals surface area (Å²) in [5, 5.41) is 0.752. The average molecular weight is 419 g/mol. The third kappa shape index (κ3) is 2.80. The van der Waals surface area contributed by atoms with Crippen LogP contribution in [-0.4, -0.2) is 35.1 Å². The number of halogens is 3. The zero-order chi connectivity index (χ0) is 16.0. The van der Waals surface area contributed by atoms with E-state index in [0.29, 0.717) is 15.7 Å². The van der Waals surface area contributed by atoms with Gasteiger partial charge in [-0.25, -0.2) is 18.8 Å². The molecule has 3 heterocycles. The molecule has 1 atom stereocenters. The van der Waals surface area contributed by atoms with Crippen LogP contribution in [0.5, 0.6) is 0 Å². The van der Waals surface area contributed by atoms with Gasteiger partial charge >= 0.3 is 0 Å². The molecule has 0 radical (unpaired) electrons. The average Bonchev–Trinajstić information content (AvgIpc) is 2.98. The van der Waals surface area contributed by atoms with Crippen molar-refractivity contribution in [3.8, 4) is 0 Å². The molecule has 0 aliphatic carbocycles. The standard InChI is InChI=1S/C14H14BrClFN5S/c15-9-3-2-8-11(10(9)17)19-13(16)20-12(8)22-5-1-4-14(7-22)6-18-23-21-14/h2-3,18,21H,1,4-7H2. The van der Waals surface area contributed by atoms with Gasteiger partial charge in [-0.15, -0.1) is 0 Å². The van der Waals surface area contributed by atoms with E-state index >= 15 is 0 Å². The molecule has 0 saturated carbocycles. The number of nitrogens with zero attached hydrogens (tertiary/aromatic N) is 3. The van der Waals surface area contributed by atoms with E-state index in [1.807, 2.05) is 6.07 Å². The van der Waals surface area contributed by atoms with Crippen molar-refractivity contribution in [3.05, 3.63) is 27.7 Å². The first-order valence-electron chi connectivity index (χ1n) is 7.30. The lowest BCUT2D eigenvalue weighted by Gasteiger charge is -2.40. The van der Waals surface area contributed by atoms with Crippen LogP contribution >= 0.6 is 39.7 Å². The van der Waals surface area contributed by atoms with Gasteiger partial charge in [0.1, 0.15) is 11.3 Å². The molecule has 9 heteroatoms. The first-order chi connectivity index (χ1) is 11.1. The van der Waals surface area contributed by atoms with Crippen molar-refractivity contribution in [2.24, 2.45) is 0 Å². The molecule has 4 rings (SSSR count). The van der Waals surface area contributed by atoms with Crippen LogP contribution in [0.3, 0.4) is 0 Å². The molecular formula is C14H14BrClFN5S. The second-order valence-corrected chi connectivity index (χ2v) is 7.79. The minimum atomic E-state index is -0.406. The molecule has 2 N–H and O–H groups in total. The number of benzene rings is 1. The molecule has 1 spiro atoms. The van der Waals surface area contributed by atoms with E-state index in [1.165, 1.54) is 12.1 Å². The normalized spacial score (nSPS) is 24.7. The molecule has 0 bridgehead atoms. The number of hydrogen-bond donors (Lipinski definition) is 2. The van der Waals surface area contributed by atoms with Gasteiger partial charge in [-0.05, 0) is 52.5 Å². The molecule has 2 aliphatic rings. The van der Waals surface area contributed by atoms with E-state index in [0.717, 1.165) is 32.5 Å². The molecular weight excluding hydrogens is 405 g/mol. The molecule has 1 aromatic heterocycles. The van der Waals surface area contributed by atoms with Crippen molar-refractivity contribution in [3.63, 3.8) is 0 Å². The van der Waals surface area contributed by atoms with Crippen LogP contribution in [0.2, 0.25) is 5.28 Å². The lowest BCUT2D eigenvalue weighted by molar-refractivity contribution is 0.339. The van der Waals surface area contributed by atoms with Gasteiger partial charge in [0.15, 0.2) is 5.82 Å². The SMILES string of the molecule is Fc1c(Br)ccc2c(N3CCCC4(CNSN4)C3)nc(Cl)nc12. The first kappa shape index (κ1) is 15.8. The Morgan fingerprint density at radius 1 is 1.39 bits per heavy atom. The van der Waals surface area contributed by atoms with Gasteiger partial charge < -0.3 is 4.90 Å². The quantitative estimate of drug-likeness (QED) is 0.547. The number of hydrogen-bond acceptors (Lipinski definition) is 6. The van der Waals surface area contributed by atoms with Crippen molar-refractivity contribution in [1.82, 2.24) is 19.4 Å². The van der Waals surface area contributed by atoms with Gasteiger partial charge in [0, 0.05) is 37.2 Å². The maximum Gasteiger partial charge on any atom is 0.225 e. The molecule has 2 aliphatic heterocycles. The van der Waals surface area contributed by atoms with Gasteiger partial charge in [-0.3, -0.25) is 0 Å². The Bertz CT molecular complexity index is 770. The third-order valence-electron chi connectivity index (χ3n) is 4.34.